The van der Waals surface area contributed by atoms with Crippen LogP contribution in [0.4, 0.5) is 19.3 Å². The van der Waals surface area contributed by atoms with E-state index in [1.165, 1.54) is 23.4 Å². The summed E-state index contributed by atoms with van der Waals surface area (Å²) in [6.07, 6.45) is 6.99. The average molecular weight is 774 g/mol. The van der Waals surface area contributed by atoms with Gasteiger partial charge in [-0.05, 0) is 81.5 Å². The van der Waals surface area contributed by atoms with Crippen molar-refractivity contribution >= 4 is 23.5 Å². The van der Waals surface area contributed by atoms with E-state index in [0.717, 1.165) is 23.5 Å². The van der Waals surface area contributed by atoms with Gasteiger partial charge in [-0.3, -0.25) is 14.5 Å². The zero-order valence-corrected chi connectivity index (χ0v) is 31.9. The third kappa shape index (κ3) is 8.60. The standard InChI is InChI=1S/C40H49F2N9O5/c1-24-36-34(18-39(2,3)19-35(36)52)51(48-24)28-7-10-30(37(43)53)33(17-28)46-26-5-8-29(9-6-26)56-38(54)47-27-12-14-49(15-13-27)20-40(55,21-50-23-44-22-45-50)31-11-4-25(41)16-32(31)42/h4,7,10-11,16-17,22-23,26-27,29,46,55H,5-6,8-9,12-15,18-21H2,1-3H3,(H2,43,53)(H,47,54)/t26?,29?,40-/m1/s1. The van der Waals surface area contributed by atoms with Gasteiger partial charge in [-0.1, -0.05) is 19.9 Å². The minimum Gasteiger partial charge on any atom is -0.446 e. The number of aryl methyl sites for hydroxylation is 1. The number of alkyl carbamates (subject to hydrolysis) is 1. The monoisotopic (exact) mass is 773 g/mol. The van der Waals surface area contributed by atoms with Crippen molar-refractivity contribution in [2.45, 2.75) is 102 Å². The molecule has 14 nitrogen and oxygen atoms in total. The number of carbonyl (C=O) groups is 3. The fourth-order valence-corrected chi connectivity index (χ4v) is 8.52. The molecule has 2 aromatic carbocycles. The molecule has 2 fully saturated rings. The first-order chi connectivity index (χ1) is 26.7. The summed E-state index contributed by atoms with van der Waals surface area (Å²) in [5, 5.41) is 27.0. The number of anilines is 1. The molecule has 0 unspecified atom stereocenters. The highest BCUT2D eigenvalue weighted by Crippen LogP contribution is 2.38. The molecule has 0 bridgehead atoms. The number of amides is 2. The number of ketones is 1. The molecular weight excluding hydrogens is 724 g/mol. The molecule has 56 heavy (non-hydrogen) atoms. The Kier molecular flexibility index (Phi) is 11.0. The van der Waals surface area contributed by atoms with E-state index in [0.29, 0.717) is 87.0 Å². The summed E-state index contributed by atoms with van der Waals surface area (Å²) in [5.41, 5.74) is 7.75. The fraction of sp³-hybridized carbons (Fsp3) is 0.500. The highest BCUT2D eigenvalue weighted by atomic mass is 19.1. The van der Waals surface area contributed by atoms with E-state index >= 15 is 0 Å². The number of fused-ring (bicyclic) bond motifs is 1. The number of carbonyl (C=O) groups excluding carboxylic acids is 3. The minimum atomic E-state index is -1.71. The number of β-amino-alcohol motifs (C(OH)–C–C–N with tert-alkyl or cyclic N) is 1. The van der Waals surface area contributed by atoms with Crippen molar-refractivity contribution in [3.05, 3.63) is 88.8 Å². The van der Waals surface area contributed by atoms with Gasteiger partial charge in [-0.25, -0.2) is 27.9 Å². The molecule has 3 aliphatic rings. The molecule has 4 aromatic rings. The number of benzene rings is 2. The van der Waals surface area contributed by atoms with Crippen molar-refractivity contribution in [2.75, 3.05) is 25.0 Å². The van der Waals surface area contributed by atoms with Crippen molar-refractivity contribution in [2.24, 2.45) is 11.1 Å². The molecule has 1 aliphatic heterocycles. The Balaban J connectivity index is 0.911. The molecule has 2 aromatic heterocycles. The smallest absolute Gasteiger partial charge is 0.407 e. The van der Waals surface area contributed by atoms with E-state index in [9.17, 15) is 28.3 Å². The van der Waals surface area contributed by atoms with Gasteiger partial charge in [-0.15, -0.1) is 0 Å². The van der Waals surface area contributed by atoms with Crippen LogP contribution in [0.5, 0.6) is 0 Å². The summed E-state index contributed by atoms with van der Waals surface area (Å²) in [6, 6.07) is 8.34. The van der Waals surface area contributed by atoms with Crippen molar-refractivity contribution in [3.8, 4) is 5.69 Å². The van der Waals surface area contributed by atoms with Crippen molar-refractivity contribution < 1.29 is 33.0 Å². The molecule has 1 saturated carbocycles. The van der Waals surface area contributed by atoms with Crippen LogP contribution in [0.1, 0.15) is 96.5 Å². The van der Waals surface area contributed by atoms with Crippen LogP contribution in [-0.4, -0.2) is 90.2 Å². The van der Waals surface area contributed by atoms with Gasteiger partial charge in [0.2, 0.25) is 0 Å². The number of nitrogens with one attached hydrogen (secondary N) is 2. The SMILES string of the molecule is Cc1nn(-c2ccc(C(N)=O)c(NC3CCC(OC(=O)NC4CCN(C[C@@](O)(Cn5cncn5)c5ccc(F)cc5F)CC4)CC3)c2)c2c1C(=O)CC(C)(C)C2. The molecular formula is C40H49F2N9O5. The van der Waals surface area contributed by atoms with Gasteiger partial charge in [0.1, 0.15) is 36.0 Å². The largest absolute Gasteiger partial charge is 0.446 e. The Bertz CT molecular complexity index is 2090. The summed E-state index contributed by atoms with van der Waals surface area (Å²) in [5.74, 6) is -2.04. The van der Waals surface area contributed by atoms with Gasteiger partial charge < -0.3 is 26.2 Å². The maximum Gasteiger partial charge on any atom is 0.407 e. The maximum absolute atomic E-state index is 14.9. The summed E-state index contributed by atoms with van der Waals surface area (Å²) >= 11 is 0. The number of nitrogens with two attached hydrogens (primary N) is 1. The van der Waals surface area contributed by atoms with Crippen LogP contribution in [0.25, 0.3) is 5.69 Å². The van der Waals surface area contributed by atoms with Crippen LogP contribution >= 0.6 is 0 Å². The number of likely N-dealkylation sites (tertiary alicyclic amines) is 1. The Morgan fingerprint density at radius 2 is 1.77 bits per heavy atom. The van der Waals surface area contributed by atoms with E-state index in [-0.39, 0.29) is 48.0 Å². The van der Waals surface area contributed by atoms with E-state index in [1.807, 2.05) is 22.6 Å². The predicted octanol–water partition coefficient (Wildman–Crippen LogP) is 4.81. The van der Waals surface area contributed by atoms with E-state index in [1.54, 1.807) is 12.1 Å². The summed E-state index contributed by atoms with van der Waals surface area (Å²) in [4.78, 5) is 44.3. The van der Waals surface area contributed by atoms with Gasteiger partial charge in [0.15, 0.2) is 5.78 Å². The van der Waals surface area contributed by atoms with Crippen LogP contribution in [0.2, 0.25) is 0 Å². The number of rotatable bonds is 11. The number of nitrogens with zero attached hydrogens (tertiary/aromatic N) is 6. The third-order valence-electron chi connectivity index (χ3n) is 11.3. The Morgan fingerprint density at radius 3 is 2.45 bits per heavy atom. The minimum absolute atomic E-state index is 0.0101. The lowest BCUT2D eigenvalue weighted by Crippen LogP contribution is -2.50. The quantitative estimate of drug-likeness (QED) is 0.165. The Morgan fingerprint density at radius 1 is 1.02 bits per heavy atom. The molecule has 16 heteroatoms. The number of Topliss-reactive ketones (excluding diaryl/α,β-unsaturated/α-hetero) is 1. The lowest BCUT2D eigenvalue weighted by Gasteiger charge is -2.38. The van der Waals surface area contributed by atoms with Crippen LogP contribution in [0, 0.1) is 24.0 Å². The molecule has 3 heterocycles. The van der Waals surface area contributed by atoms with Gasteiger partial charge in [0.05, 0.1) is 34.7 Å². The number of hydrogen-bond acceptors (Lipinski definition) is 10. The molecule has 5 N–H and O–H groups in total. The normalized spacial score (nSPS) is 21.2. The first-order valence-corrected chi connectivity index (χ1v) is 19.2. The summed E-state index contributed by atoms with van der Waals surface area (Å²) in [7, 11) is 0. The number of aliphatic hydroxyl groups is 1. The number of primary amides is 1. The molecule has 1 atom stereocenters. The van der Waals surface area contributed by atoms with E-state index in [2.05, 4.69) is 34.6 Å². The van der Waals surface area contributed by atoms with Gasteiger partial charge in [0, 0.05) is 55.5 Å². The molecule has 2 amide bonds. The lowest BCUT2D eigenvalue weighted by atomic mass is 9.75. The van der Waals surface area contributed by atoms with Gasteiger partial charge >= 0.3 is 6.09 Å². The zero-order chi connectivity index (χ0) is 39.8. The number of halogens is 2. The topological polar surface area (TPSA) is 183 Å². The summed E-state index contributed by atoms with van der Waals surface area (Å²) in [6.45, 7) is 7.04. The van der Waals surface area contributed by atoms with Crippen molar-refractivity contribution in [1.82, 2.24) is 34.8 Å². The number of ether oxygens (including phenoxy) is 1. The number of hydrogen-bond donors (Lipinski definition) is 4. The Labute approximate surface area is 323 Å². The van der Waals surface area contributed by atoms with Gasteiger partial charge in [0.25, 0.3) is 5.91 Å². The van der Waals surface area contributed by atoms with Crippen LogP contribution in [-0.2, 0) is 23.3 Å². The summed E-state index contributed by atoms with van der Waals surface area (Å²) < 4.78 is 37.6. The molecule has 0 spiro atoms. The highest BCUT2D eigenvalue weighted by Gasteiger charge is 2.38. The molecule has 2 aliphatic carbocycles. The average Bonchev–Trinajstić information content (AvgIpc) is 3.76. The second kappa shape index (κ2) is 15.7. The fourth-order valence-electron chi connectivity index (χ4n) is 8.52. The predicted molar refractivity (Wildman–Crippen MR) is 202 cm³/mol. The van der Waals surface area contributed by atoms with Gasteiger partial charge in [-0.2, -0.15) is 10.2 Å². The molecule has 298 valence electrons. The van der Waals surface area contributed by atoms with Crippen LogP contribution in [0.3, 0.4) is 0 Å². The first-order valence-electron chi connectivity index (χ1n) is 19.2. The molecule has 1 saturated heterocycles. The van der Waals surface area contributed by atoms with E-state index in [4.69, 9.17) is 15.6 Å². The lowest BCUT2D eigenvalue weighted by molar-refractivity contribution is -0.0274. The maximum atomic E-state index is 14.9. The van der Waals surface area contributed by atoms with Crippen molar-refractivity contribution in [3.63, 3.8) is 0 Å². The van der Waals surface area contributed by atoms with Crippen LogP contribution < -0.4 is 16.4 Å². The third-order valence-corrected chi connectivity index (χ3v) is 11.3. The number of piperidine rings is 1. The second-order valence-electron chi connectivity index (χ2n) is 16.3. The van der Waals surface area contributed by atoms with E-state index < -0.39 is 29.2 Å². The molecule has 0 radical (unpaired) electrons. The Hall–Kier alpha value is -5.22. The molecule has 7 rings (SSSR count). The van der Waals surface area contributed by atoms with Crippen molar-refractivity contribution in [1.29, 1.82) is 0 Å². The number of aromatic nitrogens is 5. The zero-order valence-electron chi connectivity index (χ0n) is 31.9. The highest BCUT2D eigenvalue weighted by molar-refractivity contribution is 6.00. The van der Waals surface area contributed by atoms with Crippen LogP contribution in [0.15, 0.2) is 49.1 Å². The first kappa shape index (κ1) is 39.0. The second-order valence-corrected chi connectivity index (χ2v) is 16.3.